The molecule has 1 heterocycles. The predicted molar refractivity (Wildman–Crippen MR) is 150 cm³/mol. The Balaban J connectivity index is 1.41. The molecule has 0 spiro atoms. The van der Waals surface area contributed by atoms with Crippen molar-refractivity contribution < 1.29 is 0 Å². The maximum absolute atomic E-state index is 9.02. The van der Waals surface area contributed by atoms with Crippen molar-refractivity contribution in [3.63, 3.8) is 0 Å². The molecule has 0 aliphatic rings. The number of rotatable bonds is 9. The Bertz CT molecular complexity index is 1340. The summed E-state index contributed by atoms with van der Waals surface area (Å²) in [7, 11) is 0. The van der Waals surface area contributed by atoms with Crippen LogP contribution in [0.4, 0.5) is 5.69 Å². The highest BCUT2D eigenvalue weighted by molar-refractivity contribution is 7.80. The van der Waals surface area contributed by atoms with Crippen molar-refractivity contribution in [3.8, 4) is 6.07 Å². The number of hydrogen-bond donors (Lipinski definition) is 1. The topological polar surface area (TPSA) is 56.9 Å². The van der Waals surface area contributed by atoms with Crippen molar-refractivity contribution in [2.45, 2.75) is 25.9 Å². The van der Waals surface area contributed by atoms with Crippen LogP contribution in [0.25, 0.3) is 0 Å². The lowest BCUT2D eigenvalue weighted by Gasteiger charge is -2.26. The van der Waals surface area contributed by atoms with Gasteiger partial charge in [0.1, 0.15) is 0 Å². The maximum Gasteiger partial charge on any atom is 0.173 e. The summed E-state index contributed by atoms with van der Waals surface area (Å²) in [4.78, 5) is 6.51. The van der Waals surface area contributed by atoms with Crippen LogP contribution < -0.4 is 5.32 Å². The van der Waals surface area contributed by atoms with Gasteiger partial charge in [0, 0.05) is 47.3 Å². The number of hydrogen-bond acceptors (Lipinski definition) is 3. The lowest BCUT2D eigenvalue weighted by Crippen LogP contribution is -2.35. The molecule has 4 aromatic rings. The summed E-state index contributed by atoms with van der Waals surface area (Å²) < 4.78 is 2.15. The predicted octanol–water partition coefficient (Wildman–Crippen LogP) is 6.94. The van der Waals surface area contributed by atoms with Crippen LogP contribution in [0.2, 0.25) is 10.0 Å². The van der Waals surface area contributed by atoms with Gasteiger partial charge < -0.3 is 14.8 Å². The smallest absolute Gasteiger partial charge is 0.173 e. The first-order chi connectivity index (χ1) is 17.5. The molecule has 0 saturated heterocycles. The van der Waals surface area contributed by atoms with Crippen LogP contribution in [0.15, 0.2) is 85.3 Å². The van der Waals surface area contributed by atoms with Gasteiger partial charge in [-0.3, -0.25) is 0 Å². The molecule has 0 atom stereocenters. The van der Waals surface area contributed by atoms with Gasteiger partial charge in [-0.15, -0.1) is 0 Å². The summed E-state index contributed by atoms with van der Waals surface area (Å²) in [5.74, 6) is 0. The number of imidazole rings is 1. The van der Waals surface area contributed by atoms with Gasteiger partial charge >= 0.3 is 0 Å². The third kappa shape index (κ3) is 7.32. The Morgan fingerprint density at radius 3 is 2.50 bits per heavy atom. The van der Waals surface area contributed by atoms with E-state index in [0.717, 1.165) is 41.9 Å². The number of halogens is 2. The Labute approximate surface area is 226 Å². The molecule has 0 bridgehead atoms. The van der Waals surface area contributed by atoms with Crippen molar-refractivity contribution in [2.75, 3.05) is 11.9 Å². The van der Waals surface area contributed by atoms with Crippen LogP contribution in [0.3, 0.4) is 0 Å². The van der Waals surface area contributed by atoms with Gasteiger partial charge in [-0.1, -0.05) is 47.5 Å². The molecule has 182 valence electrons. The van der Waals surface area contributed by atoms with Gasteiger partial charge in [0.05, 0.1) is 18.0 Å². The van der Waals surface area contributed by atoms with E-state index < -0.39 is 0 Å². The fourth-order valence-corrected chi connectivity index (χ4v) is 4.49. The molecule has 0 aliphatic heterocycles. The number of nitrogens with zero attached hydrogens (tertiary/aromatic N) is 4. The number of aromatic nitrogens is 2. The third-order valence-corrected chi connectivity index (χ3v) is 6.59. The average molecular weight is 535 g/mol. The Morgan fingerprint density at radius 1 is 1.00 bits per heavy atom. The van der Waals surface area contributed by atoms with E-state index in [9.17, 15) is 0 Å². The lowest BCUT2D eigenvalue weighted by atomic mass is 10.1. The third-order valence-electron chi connectivity index (χ3n) is 5.74. The average Bonchev–Trinajstić information content (AvgIpc) is 3.32. The lowest BCUT2D eigenvalue weighted by molar-refractivity contribution is 0.408. The number of benzene rings is 3. The number of aryl methyl sites for hydroxylation is 1. The number of nitrogens with one attached hydrogen (secondary N) is 1. The highest BCUT2D eigenvalue weighted by Crippen LogP contribution is 2.17. The van der Waals surface area contributed by atoms with Crippen molar-refractivity contribution in [1.29, 1.82) is 5.26 Å². The highest BCUT2D eigenvalue weighted by Gasteiger charge is 2.13. The van der Waals surface area contributed by atoms with Gasteiger partial charge in [0.25, 0.3) is 0 Å². The first-order valence-corrected chi connectivity index (χ1v) is 12.7. The number of nitriles is 1. The zero-order valence-electron chi connectivity index (χ0n) is 19.6. The quantitative estimate of drug-likeness (QED) is 0.236. The van der Waals surface area contributed by atoms with E-state index in [0.29, 0.717) is 33.8 Å². The van der Waals surface area contributed by atoms with Crippen LogP contribution >= 0.6 is 35.4 Å². The van der Waals surface area contributed by atoms with Crippen LogP contribution in [-0.4, -0.2) is 26.1 Å². The number of thiocarbonyl (C=S) groups is 1. The van der Waals surface area contributed by atoms with Crippen molar-refractivity contribution in [1.82, 2.24) is 14.5 Å². The Morgan fingerprint density at radius 2 is 1.78 bits per heavy atom. The van der Waals surface area contributed by atoms with E-state index in [1.807, 2.05) is 79.3 Å². The summed E-state index contributed by atoms with van der Waals surface area (Å²) in [6.45, 7) is 2.11. The fourth-order valence-electron chi connectivity index (χ4n) is 3.87. The fraction of sp³-hybridized carbons (Fsp3) is 0.179. The van der Waals surface area contributed by atoms with E-state index >= 15 is 0 Å². The largest absolute Gasteiger partial charge is 0.345 e. The molecule has 36 heavy (non-hydrogen) atoms. The molecular weight excluding hydrogens is 509 g/mol. The van der Waals surface area contributed by atoms with E-state index in [2.05, 4.69) is 31.9 Å². The second kappa shape index (κ2) is 12.5. The van der Waals surface area contributed by atoms with Crippen molar-refractivity contribution >= 4 is 46.2 Å². The normalized spacial score (nSPS) is 10.6. The maximum atomic E-state index is 9.02. The molecule has 0 fully saturated rings. The Kier molecular flexibility index (Phi) is 8.96. The van der Waals surface area contributed by atoms with Crippen molar-refractivity contribution in [2.24, 2.45) is 0 Å². The summed E-state index contributed by atoms with van der Waals surface area (Å²) in [5.41, 5.74) is 4.92. The Hall–Kier alpha value is -3.37. The minimum atomic E-state index is 0.642. The molecule has 0 amide bonds. The van der Waals surface area contributed by atoms with Gasteiger partial charge in [-0.25, -0.2) is 4.98 Å². The SMILES string of the molecule is N#Cc1ccc(Cn2cncc2CCCN(Cc2cccc(Cl)c2)C(=S)Nc2ccc(Cl)cc2)cc1. The molecule has 8 heteroatoms. The van der Waals surface area contributed by atoms with Gasteiger partial charge in [0.2, 0.25) is 0 Å². The van der Waals surface area contributed by atoms with Crippen LogP contribution in [0, 0.1) is 11.3 Å². The first kappa shape index (κ1) is 25.7. The van der Waals surface area contributed by atoms with Crippen molar-refractivity contribution in [3.05, 3.63) is 118 Å². The molecule has 4 rings (SSSR count). The molecule has 0 unspecified atom stereocenters. The monoisotopic (exact) mass is 533 g/mol. The second-order valence-electron chi connectivity index (χ2n) is 8.41. The minimum absolute atomic E-state index is 0.642. The number of anilines is 1. The summed E-state index contributed by atoms with van der Waals surface area (Å²) >= 11 is 18.0. The van der Waals surface area contributed by atoms with Crippen LogP contribution in [0.5, 0.6) is 0 Å². The van der Waals surface area contributed by atoms with Gasteiger partial charge in [-0.05, 0) is 84.7 Å². The molecule has 0 saturated carbocycles. The molecule has 3 aromatic carbocycles. The summed E-state index contributed by atoms with van der Waals surface area (Å²) in [6.07, 6.45) is 5.51. The summed E-state index contributed by atoms with van der Waals surface area (Å²) in [5, 5.41) is 14.4. The zero-order valence-corrected chi connectivity index (χ0v) is 21.9. The molecular formula is C28H25Cl2N5S. The molecule has 0 aliphatic carbocycles. The van der Waals surface area contributed by atoms with Gasteiger partial charge in [0.15, 0.2) is 5.11 Å². The molecule has 1 aromatic heterocycles. The highest BCUT2D eigenvalue weighted by atomic mass is 35.5. The first-order valence-electron chi connectivity index (χ1n) is 11.5. The minimum Gasteiger partial charge on any atom is -0.345 e. The van der Waals surface area contributed by atoms with E-state index in [1.165, 1.54) is 0 Å². The van der Waals surface area contributed by atoms with E-state index in [1.54, 1.807) is 0 Å². The standard InChI is InChI=1S/C28H25Cl2N5S/c29-24-10-12-26(13-11-24)33-28(36)34(19-23-3-1-4-25(30)15-23)14-2-5-27-17-32-20-35(27)18-22-8-6-21(16-31)7-9-22/h1,3-4,6-13,15,17,20H,2,5,14,18-19H2,(H,33,36). The summed E-state index contributed by atoms with van der Waals surface area (Å²) in [6, 6.07) is 25.1. The molecule has 5 nitrogen and oxygen atoms in total. The van der Waals surface area contributed by atoms with E-state index in [-0.39, 0.29) is 0 Å². The van der Waals surface area contributed by atoms with Crippen LogP contribution in [-0.2, 0) is 19.5 Å². The van der Waals surface area contributed by atoms with Crippen LogP contribution in [0.1, 0.15) is 28.8 Å². The second-order valence-corrected chi connectivity index (χ2v) is 9.67. The molecule has 1 N–H and O–H groups in total. The molecule has 0 radical (unpaired) electrons. The zero-order chi connectivity index (χ0) is 25.3. The van der Waals surface area contributed by atoms with E-state index in [4.69, 9.17) is 40.7 Å². The van der Waals surface area contributed by atoms with Gasteiger partial charge in [-0.2, -0.15) is 5.26 Å².